The quantitative estimate of drug-likeness (QED) is 0.698. The zero-order valence-corrected chi connectivity index (χ0v) is 7.50. The van der Waals surface area contributed by atoms with Gasteiger partial charge in [0.25, 0.3) is 0 Å². The van der Waals surface area contributed by atoms with Gasteiger partial charge in [0.1, 0.15) is 6.79 Å². The lowest BCUT2D eigenvalue weighted by atomic mass is 9.98. The molecular formula is C9H18O3. The van der Waals surface area contributed by atoms with Gasteiger partial charge in [-0.15, -0.1) is 0 Å². The van der Waals surface area contributed by atoms with Gasteiger partial charge in [0, 0.05) is 0 Å². The summed E-state index contributed by atoms with van der Waals surface area (Å²) in [7, 11) is 0. The molecule has 0 heterocycles. The van der Waals surface area contributed by atoms with Gasteiger partial charge in [-0.2, -0.15) is 0 Å². The van der Waals surface area contributed by atoms with Crippen LogP contribution < -0.4 is 0 Å². The number of carbonyl (C=O) groups is 1. The third-order valence-corrected chi connectivity index (χ3v) is 2.00. The van der Waals surface area contributed by atoms with Crippen LogP contribution in [0.3, 0.4) is 0 Å². The predicted octanol–water partition coefficient (Wildman–Crippen LogP) is 1.14. The fourth-order valence-corrected chi connectivity index (χ4v) is 1.45. The van der Waals surface area contributed by atoms with Crippen molar-refractivity contribution in [2.45, 2.75) is 38.2 Å². The Bertz CT molecular complexity index is 89.8. The molecule has 0 unspecified atom stereocenters. The Kier molecular flexibility index (Phi) is 8.39. The predicted molar refractivity (Wildman–Crippen MR) is 47.0 cm³/mol. The van der Waals surface area contributed by atoms with Crippen molar-refractivity contribution < 1.29 is 14.6 Å². The summed E-state index contributed by atoms with van der Waals surface area (Å²) in [5.74, 6) is 0. The first-order valence-corrected chi connectivity index (χ1v) is 4.45. The fraction of sp³-hybridized carbons (Fsp3) is 0.889. The van der Waals surface area contributed by atoms with Gasteiger partial charge in [0.2, 0.25) is 0 Å². The van der Waals surface area contributed by atoms with E-state index in [9.17, 15) is 0 Å². The Labute approximate surface area is 73.7 Å². The molecule has 1 N–H and O–H groups in total. The van der Waals surface area contributed by atoms with Gasteiger partial charge in [0.05, 0.1) is 19.3 Å². The Balaban J connectivity index is 0.000000561. The minimum Gasteiger partial charge on any atom is -0.394 e. The molecule has 1 rings (SSSR count). The van der Waals surface area contributed by atoms with Gasteiger partial charge in [-0.25, -0.2) is 0 Å². The molecule has 0 atom stereocenters. The maximum absolute atomic E-state index is 8.47. The summed E-state index contributed by atoms with van der Waals surface area (Å²) in [4.78, 5) is 8.00. The van der Waals surface area contributed by atoms with Crippen LogP contribution in [-0.2, 0) is 9.53 Å². The van der Waals surface area contributed by atoms with Crippen LogP contribution in [0.4, 0.5) is 0 Å². The summed E-state index contributed by atoms with van der Waals surface area (Å²) in [6.07, 6.45) is 6.80. The van der Waals surface area contributed by atoms with E-state index in [0.29, 0.717) is 12.7 Å². The zero-order chi connectivity index (χ0) is 9.23. The minimum atomic E-state index is 0.163. The van der Waals surface area contributed by atoms with Crippen LogP contribution in [0.5, 0.6) is 0 Å². The van der Waals surface area contributed by atoms with E-state index >= 15 is 0 Å². The van der Waals surface area contributed by atoms with Crippen molar-refractivity contribution in [3.63, 3.8) is 0 Å². The van der Waals surface area contributed by atoms with Crippen LogP contribution in [0.2, 0.25) is 0 Å². The second kappa shape index (κ2) is 8.68. The Hall–Kier alpha value is -0.410. The molecule has 0 amide bonds. The highest BCUT2D eigenvalue weighted by molar-refractivity contribution is 5.10. The van der Waals surface area contributed by atoms with E-state index in [4.69, 9.17) is 14.6 Å². The van der Waals surface area contributed by atoms with Crippen LogP contribution >= 0.6 is 0 Å². The van der Waals surface area contributed by atoms with E-state index in [0.717, 1.165) is 0 Å². The van der Waals surface area contributed by atoms with Gasteiger partial charge < -0.3 is 14.6 Å². The lowest BCUT2D eigenvalue weighted by molar-refractivity contribution is -0.0979. The molecule has 0 aromatic heterocycles. The van der Waals surface area contributed by atoms with E-state index < -0.39 is 0 Å². The third kappa shape index (κ3) is 5.27. The fourth-order valence-electron chi connectivity index (χ4n) is 1.45. The summed E-state index contributed by atoms with van der Waals surface area (Å²) >= 11 is 0. The molecule has 1 saturated carbocycles. The first-order valence-electron chi connectivity index (χ1n) is 4.45. The highest BCUT2D eigenvalue weighted by atomic mass is 16.5. The highest BCUT2D eigenvalue weighted by Crippen LogP contribution is 2.19. The first-order chi connectivity index (χ1) is 5.93. The average Bonchev–Trinajstić information content (AvgIpc) is 2.19. The normalized spacial score (nSPS) is 18.1. The highest BCUT2D eigenvalue weighted by Gasteiger charge is 2.12. The Morgan fingerprint density at radius 1 is 1.25 bits per heavy atom. The van der Waals surface area contributed by atoms with Crippen molar-refractivity contribution >= 4 is 6.79 Å². The summed E-state index contributed by atoms with van der Waals surface area (Å²) in [5, 5.41) is 8.47. The van der Waals surface area contributed by atoms with Crippen LogP contribution in [0, 0.1) is 0 Å². The number of hydrogen-bond acceptors (Lipinski definition) is 3. The van der Waals surface area contributed by atoms with Crippen molar-refractivity contribution in [3.8, 4) is 0 Å². The summed E-state index contributed by atoms with van der Waals surface area (Å²) in [6, 6.07) is 0. The van der Waals surface area contributed by atoms with Crippen molar-refractivity contribution in [1.29, 1.82) is 0 Å². The van der Waals surface area contributed by atoms with Gasteiger partial charge in [-0.05, 0) is 12.8 Å². The second-order valence-corrected chi connectivity index (χ2v) is 2.85. The van der Waals surface area contributed by atoms with Crippen LogP contribution in [0.1, 0.15) is 32.1 Å². The molecule has 0 aromatic carbocycles. The third-order valence-electron chi connectivity index (χ3n) is 2.00. The van der Waals surface area contributed by atoms with Crippen molar-refractivity contribution in [1.82, 2.24) is 0 Å². The summed E-state index contributed by atoms with van der Waals surface area (Å²) in [5.41, 5.74) is 0. The molecule has 0 aromatic rings. The van der Waals surface area contributed by atoms with E-state index in [1.165, 1.54) is 32.1 Å². The monoisotopic (exact) mass is 174 g/mol. The van der Waals surface area contributed by atoms with E-state index in [-0.39, 0.29) is 6.61 Å². The van der Waals surface area contributed by atoms with Crippen LogP contribution in [-0.4, -0.2) is 31.2 Å². The Morgan fingerprint density at radius 2 is 1.83 bits per heavy atom. The SMILES string of the molecule is C=O.OCCOC1CCCCC1. The molecule has 1 aliphatic rings. The number of ether oxygens (including phenoxy) is 1. The number of hydrogen-bond donors (Lipinski definition) is 1. The molecule has 12 heavy (non-hydrogen) atoms. The summed E-state index contributed by atoms with van der Waals surface area (Å²) in [6.45, 7) is 2.68. The molecule has 0 aliphatic heterocycles. The van der Waals surface area contributed by atoms with Crippen LogP contribution in [0.15, 0.2) is 0 Å². The minimum absolute atomic E-state index is 0.163. The standard InChI is InChI=1S/C8H16O2.CH2O/c9-6-7-10-8-4-2-1-3-5-8;1-2/h8-9H,1-7H2;1H2. The maximum atomic E-state index is 8.47. The molecule has 3 nitrogen and oxygen atoms in total. The van der Waals surface area contributed by atoms with Crippen molar-refractivity contribution in [2.75, 3.05) is 13.2 Å². The second-order valence-electron chi connectivity index (χ2n) is 2.85. The Morgan fingerprint density at radius 3 is 2.33 bits per heavy atom. The molecule has 0 saturated heterocycles. The van der Waals surface area contributed by atoms with Gasteiger partial charge in [-0.1, -0.05) is 19.3 Å². The molecule has 72 valence electrons. The van der Waals surface area contributed by atoms with Gasteiger partial charge in [-0.3, -0.25) is 0 Å². The first kappa shape index (κ1) is 11.6. The largest absolute Gasteiger partial charge is 0.394 e. The molecule has 3 heteroatoms. The number of rotatable bonds is 3. The molecule has 0 radical (unpaired) electrons. The summed E-state index contributed by atoms with van der Waals surface area (Å²) < 4.78 is 5.38. The zero-order valence-electron chi connectivity index (χ0n) is 7.50. The lowest BCUT2D eigenvalue weighted by Crippen LogP contribution is -2.18. The molecule has 1 fully saturated rings. The van der Waals surface area contributed by atoms with Crippen molar-refractivity contribution in [3.05, 3.63) is 0 Å². The topological polar surface area (TPSA) is 46.5 Å². The molecular weight excluding hydrogens is 156 g/mol. The smallest absolute Gasteiger partial charge is 0.106 e. The van der Waals surface area contributed by atoms with Gasteiger partial charge >= 0.3 is 0 Å². The maximum Gasteiger partial charge on any atom is 0.106 e. The number of carbonyl (C=O) groups excluding carboxylic acids is 1. The molecule has 0 spiro atoms. The van der Waals surface area contributed by atoms with Crippen molar-refractivity contribution in [2.24, 2.45) is 0 Å². The number of aliphatic hydroxyl groups excluding tert-OH is 1. The average molecular weight is 174 g/mol. The molecule has 1 aliphatic carbocycles. The van der Waals surface area contributed by atoms with Crippen LogP contribution in [0.25, 0.3) is 0 Å². The van der Waals surface area contributed by atoms with E-state index in [1.54, 1.807) is 0 Å². The lowest BCUT2D eigenvalue weighted by Gasteiger charge is -2.21. The van der Waals surface area contributed by atoms with E-state index in [2.05, 4.69) is 0 Å². The van der Waals surface area contributed by atoms with E-state index in [1.807, 2.05) is 6.79 Å². The van der Waals surface area contributed by atoms with Gasteiger partial charge in [0.15, 0.2) is 0 Å². The molecule has 0 bridgehead atoms. The number of aliphatic hydroxyl groups is 1.